The van der Waals surface area contributed by atoms with Gasteiger partial charge >= 0.3 is 5.97 Å². The number of carbonyl (C=O) groups is 11. The Morgan fingerprint density at radius 2 is 0.823 bits per heavy atom. The molecule has 0 radical (unpaired) electrons. The van der Waals surface area contributed by atoms with Crippen molar-refractivity contribution in [2.45, 2.75) is 186 Å². The smallest absolute Gasteiger partial charge is 0.307 e. The van der Waals surface area contributed by atoms with Crippen molar-refractivity contribution in [2.75, 3.05) is 51.6 Å². The topological polar surface area (TPSA) is 646 Å². The van der Waals surface area contributed by atoms with E-state index in [9.17, 15) is 57.8 Å². The maximum Gasteiger partial charge on any atom is 0.307 e. The van der Waals surface area contributed by atoms with Crippen LogP contribution < -0.4 is 90.1 Å². The van der Waals surface area contributed by atoms with Gasteiger partial charge in [-0.05, 0) is 109 Å². The molecule has 35 nitrogen and oxygen atoms in total. The van der Waals surface area contributed by atoms with Gasteiger partial charge in [0.15, 0.2) is 53.1 Å². The van der Waals surface area contributed by atoms with Crippen LogP contribution in [0.3, 0.4) is 0 Å². The van der Waals surface area contributed by atoms with Crippen molar-refractivity contribution in [2.24, 2.45) is 134 Å². The van der Waals surface area contributed by atoms with Gasteiger partial charge in [0.2, 0.25) is 35.4 Å². The second kappa shape index (κ2) is 43.3. The summed E-state index contributed by atoms with van der Waals surface area (Å²) in [5, 5.41) is 20.4. The summed E-state index contributed by atoms with van der Waals surface area (Å²) < 4.78 is 0. The summed E-state index contributed by atoms with van der Waals surface area (Å²) in [4.78, 5) is 177. The highest BCUT2D eigenvalue weighted by molar-refractivity contribution is 8.00. The Morgan fingerprint density at radius 3 is 1.16 bits per heavy atom. The van der Waals surface area contributed by atoms with Crippen molar-refractivity contribution in [3.8, 4) is 0 Å². The SMILES string of the molecule is CC(=O)N[C@@H](CCCN=C(N)N)C(=O)N[C@@H](CCCN=C(N)N)C(=O)C[C@@H](CCCN=C(N)N)C(=O)N[C@@H](CCCN=C(N)N)C(=O)C[C@@H](CCCN=C(N)N)C(=O)N[C@@H](CCCN=C(N)N)C(=O)C[C@@H](CSC1CC(=O)N(CC2CCC(C(=O)C(C)(C)C)CC2)C1=O)C(=O)O. The number of amides is 6. The average Bonchev–Trinajstić information content (AvgIpc) is 1.76. The number of carbonyl (C=O) groups excluding carboxylic acids is 10. The molecule has 1 aliphatic heterocycles. The summed E-state index contributed by atoms with van der Waals surface area (Å²) >= 11 is 0.946. The molecule has 0 spiro atoms. The highest BCUT2D eigenvalue weighted by atomic mass is 32.2. The first kappa shape index (κ1) is 83.2. The van der Waals surface area contributed by atoms with Gasteiger partial charge in [-0.1, -0.05) is 20.8 Å². The Labute approximate surface area is 564 Å². The van der Waals surface area contributed by atoms with E-state index in [0.29, 0.717) is 25.7 Å². The van der Waals surface area contributed by atoms with E-state index in [2.05, 4.69) is 51.2 Å². The number of ketones is 4. The van der Waals surface area contributed by atoms with Gasteiger partial charge in [0, 0.05) is 107 Å². The number of imide groups is 1. The van der Waals surface area contributed by atoms with Gasteiger partial charge in [-0.3, -0.25) is 87.6 Å². The van der Waals surface area contributed by atoms with Crippen LogP contribution in [-0.2, 0) is 52.7 Å². The minimum atomic E-state index is -1.39. The van der Waals surface area contributed by atoms with Gasteiger partial charge in [0.05, 0.1) is 29.3 Å². The van der Waals surface area contributed by atoms with Crippen molar-refractivity contribution < 1.29 is 57.8 Å². The Morgan fingerprint density at radius 1 is 0.490 bits per heavy atom. The number of carboxylic acids is 1. The molecule has 96 heavy (non-hydrogen) atoms. The van der Waals surface area contributed by atoms with Crippen LogP contribution in [0.25, 0.3) is 0 Å². The third-order valence-corrected chi connectivity index (χ3v) is 17.5. The zero-order valence-corrected chi connectivity index (χ0v) is 56.8. The third kappa shape index (κ3) is 33.5. The highest BCUT2D eigenvalue weighted by Crippen LogP contribution is 2.36. The first-order valence-electron chi connectivity index (χ1n) is 32.4. The molecular weight excluding hydrogens is 1270 g/mol. The molecule has 1 heterocycles. The van der Waals surface area contributed by atoms with Crippen LogP contribution in [-0.4, -0.2) is 191 Å². The predicted molar refractivity (Wildman–Crippen MR) is 367 cm³/mol. The molecule has 36 heteroatoms. The maximum absolute atomic E-state index is 14.8. The van der Waals surface area contributed by atoms with E-state index in [1.54, 1.807) is 0 Å². The fourth-order valence-corrected chi connectivity index (χ4v) is 12.4. The molecule has 2 rings (SSSR count). The lowest BCUT2D eigenvalue weighted by molar-refractivity contribution is -0.143. The van der Waals surface area contributed by atoms with E-state index in [0.717, 1.165) is 11.8 Å². The molecule has 0 aromatic heterocycles. The van der Waals surface area contributed by atoms with Crippen LogP contribution in [0.2, 0.25) is 0 Å². The lowest BCUT2D eigenvalue weighted by Gasteiger charge is -2.32. The molecular formula is C60H107N23O12S. The predicted octanol–water partition coefficient (Wildman–Crippen LogP) is -3.64. The molecule has 1 unspecified atom stereocenters. The number of nitrogens with zero attached hydrogens (tertiary/aromatic N) is 7. The fraction of sp³-hybridized carbons (Fsp3) is 0.717. The van der Waals surface area contributed by atoms with Crippen LogP contribution >= 0.6 is 11.8 Å². The standard InChI is InChI=1S/C60H107N23O12S/c1-33(84)79-42(16-10-26-78-59(71)72)51(92)82-41(15-9-25-77-58(69)70)44(86)28-37(12-6-22-74-55(63)64)49(90)80-39(13-7-23-75-56(65)66)43(85)27-36(11-5-21-73-54(61)62)50(91)81-40(14-8-24-76-57(67)68)45(87)29-38(53(94)95)32-96-46-30-47(88)83(52(46)93)31-34-17-19-35(20-18-34)48(89)60(2,3)4/h34-42,46H,5-32H2,1-4H3,(H,79,84)(H,80,90)(H,81,91)(H,82,92)(H,94,95)(H4,61,62,73)(H4,63,64,74)(H4,65,66,75)(H4,67,68,76)(H4,69,70,77)(H4,71,72,78)/t34?,35?,36-,37-,38+,39+,40+,41+,42+,46?/m1/s1. The number of carboxylic acid groups (broad SMARTS) is 1. The molecule has 1 aliphatic carbocycles. The van der Waals surface area contributed by atoms with Gasteiger partial charge in [-0.15, -0.1) is 11.8 Å². The minimum Gasteiger partial charge on any atom is -0.481 e. The Kier molecular flexibility index (Phi) is 37.5. The van der Waals surface area contributed by atoms with Gasteiger partial charge in [-0.2, -0.15) is 0 Å². The molecule has 1 saturated heterocycles. The van der Waals surface area contributed by atoms with Crippen LogP contribution in [0.5, 0.6) is 0 Å². The number of aliphatic carboxylic acids is 1. The number of likely N-dealkylation sites (tertiary alicyclic amines) is 1. The molecule has 8 atom stereocenters. The van der Waals surface area contributed by atoms with Crippen LogP contribution in [0.15, 0.2) is 30.0 Å². The van der Waals surface area contributed by atoms with Crippen molar-refractivity contribution in [3.05, 3.63) is 0 Å². The maximum atomic E-state index is 14.8. The van der Waals surface area contributed by atoms with Crippen molar-refractivity contribution in [1.29, 1.82) is 0 Å². The van der Waals surface area contributed by atoms with Gasteiger partial charge in [0.25, 0.3) is 0 Å². The summed E-state index contributed by atoms with van der Waals surface area (Å²) in [5.41, 5.74) is 66.3. The summed E-state index contributed by atoms with van der Waals surface area (Å²) in [6.07, 6.45) is 1.43. The van der Waals surface area contributed by atoms with Gasteiger partial charge < -0.3 is 95.2 Å². The quantitative estimate of drug-likeness (QED) is 0.0121. The molecule has 540 valence electrons. The van der Waals surface area contributed by atoms with Crippen LogP contribution in [0, 0.1) is 35.0 Å². The second-order valence-corrected chi connectivity index (χ2v) is 26.5. The number of nitrogens with two attached hydrogens (primary N) is 12. The molecule has 0 aromatic rings. The number of thioether (sulfide) groups is 1. The van der Waals surface area contributed by atoms with E-state index in [4.69, 9.17) is 68.8 Å². The number of aliphatic imine (C=N–C) groups is 6. The fourth-order valence-electron chi connectivity index (χ4n) is 11.1. The Bertz CT molecular complexity index is 2810. The molecule has 0 bridgehead atoms. The number of rotatable bonds is 47. The molecule has 0 aromatic carbocycles. The third-order valence-electron chi connectivity index (χ3n) is 16.1. The van der Waals surface area contributed by atoms with Crippen molar-refractivity contribution in [3.63, 3.8) is 0 Å². The summed E-state index contributed by atoms with van der Waals surface area (Å²) in [6, 6.07) is -5.13. The lowest BCUT2D eigenvalue weighted by atomic mass is 9.73. The monoisotopic (exact) mass is 1370 g/mol. The first-order valence-corrected chi connectivity index (χ1v) is 33.5. The number of guanidine groups is 6. The Balaban J connectivity index is 2.55. The molecule has 2 fully saturated rings. The Hall–Kier alpha value is -8.86. The number of hydrogen-bond acceptors (Lipinski definition) is 18. The molecule has 1 saturated carbocycles. The normalized spacial score (nSPS) is 17.5. The zero-order valence-electron chi connectivity index (χ0n) is 56.0. The lowest BCUT2D eigenvalue weighted by Crippen LogP contribution is -2.52. The second-order valence-electron chi connectivity index (χ2n) is 25.3. The number of hydrogen-bond donors (Lipinski definition) is 17. The van der Waals surface area contributed by atoms with E-state index >= 15 is 0 Å². The molecule has 29 N–H and O–H groups in total. The molecule has 2 aliphatic rings. The summed E-state index contributed by atoms with van der Waals surface area (Å²) in [7, 11) is 0. The first-order chi connectivity index (χ1) is 45.1. The van der Waals surface area contributed by atoms with Crippen LogP contribution in [0.4, 0.5) is 0 Å². The van der Waals surface area contributed by atoms with E-state index < -0.39 is 131 Å². The largest absolute Gasteiger partial charge is 0.481 e. The van der Waals surface area contributed by atoms with Gasteiger partial charge in [0.1, 0.15) is 11.8 Å². The highest BCUT2D eigenvalue weighted by Gasteiger charge is 2.43. The number of Topliss-reactive ketones (excluding diaryl/α,β-unsaturated/α-hetero) is 4. The van der Waals surface area contributed by atoms with E-state index in [-0.39, 0.29) is 188 Å². The van der Waals surface area contributed by atoms with Crippen molar-refractivity contribution in [1.82, 2.24) is 26.2 Å². The van der Waals surface area contributed by atoms with E-state index in [1.165, 1.54) is 11.8 Å². The van der Waals surface area contributed by atoms with Crippen molar-refractivity contribution >= 4 is 112 Å². The number of nitrogens with one attached hydrogen (secondary N) is 4. The summed E-state index contributed by atoms with van der Waals surface area (Å²) in [5.74, 6) is -12.5. The van der Waals surface area contributed by atoms with Crippen LogP contribution in [0.1, 0.15) is 156 Å². The minimum absolute atomic E-state index is 0.0000224. The zero-order chi connectivity index (χ0) is 72.2. The van der Waals surface area contributed by atoms with E-state index in [1.807, 2.05) is 20.8 Å². The molecule has 6 amide bonds. The van der Waals surface area contributed by atoms with Gasteiger partial charge in [-0.25, -0.2) is 0 Å². The summed E-state index contributed by atoms with van der Waals surface area (Å²) in [6.45, 7) is 7.24. The average molecular weight is 1370 g/mol.